The average molecular weight is 300 g/mol. The summed E-state index contributed by atoms with van der Waals surface area (Å²) in [6.45, 7) is 8.61. The maximum atomic E-state index is 6.37. The van der Waals surface area contributed by atoms with E-state index in [1.807, 2.05) is 0 Å². The van der Waals surface area contributed by atoms with E-state index in [9.17, 15) is 0 Å². The van der Waals surface area contributed by atoms with Crippen molar-refractivity contribution >= 4 is 11.6 Å². The quantitative estimate of drug-likeness (QED) is 0.585. The van der Waals surface area contributed by atoms with Crippen molar-refractivity contribution in [2.75, 3.05) is 6.54 Å². The van der Waals surface area contributed by atoms with Crippen molar-refractivity contribution in [2.45, 2.75) is 78.3 Å². The van der Waals surface area contributed by atoms with Gasteiger partial charge in [-0.15, -0.1) is 0 Å². The average Bonchev–Trinajstić information content (AvgIpc) is 2.80. The van der Waals surface area contributed by atoms with Crippen LogP contribution in [0, 0.1) is 0 Å². The second-order valence-electron chi connectivity index (χ2n) is 5.46. The van der Waals surface area contributed by atoms with Crippen LogP contribution >= 0.6 is 11.6 Å². The predicted molar refractivity (Wildman–Crippen MR) is 87.3 cm³/mol. The van der Waals surface area contributed by atoms with Crippen molar-refractivity contribution in [1.82, 2.24) is 15.1 Å². The lowest BCUT2D eigenvalue weighted by molar-refractivity contribution is 0.431. The van der Waals surface area contributed by atoms with Gasteiger partial charge in [-0.25, -0.2) is 0 Å². The molecule has 0 spiro atoms. The molecule has 20 heavy (non-hydrogen) atoms. The van der Waals surface area contributed by atoms with Crippen molar-refractivity contribution < 1.29 is 0 Å². The molecule has 1 N–H and O–H groups in total. The summed E-state index contributed by atoms with van der Waals surface area (Å²) in [5.74, 6) is 0. The van der Waals surface area contributed by atoms with E-state index in [1.54, 1.807) is 6.20 Å². The van der Waals surface area contributed by atoms with Gasteiger partial charge in [0.1, 0.15) is 0 Å². The Hall–Kier alpha value is -0.540. The number of nitrogens with zero attached hydrogens (tertiary/aromatic N) is 2. The third-order valence-electron chi connectivity index (χ3n) is 3.59. The Balaban J connectivity index is 2.72. The molecule has 0 saturated carbocycles. The lowest BCUT2D eigenvalue weighted by Gasteiger charge is -2.20. The Morgan fingerprint density at radius 2 is 1.95 bits per heavy atom. The number of aromatic nitrogens is 2. The number of hydrogen-bond donors (Lipinski definition) is 1. The number of rotatable bonds is 11. The van der Waals surface area contributed by atoms with E-state index in [1.165, 1.54) is 31.4 Å². The van der Waals surface area contributed by atoms with Crippen LogP contribution in [0.1, 0.15) is 77.5 Å². The zero-order chi connectivity index (χ0) is 14.8. The van der Waals surface area contributed by atoms with Crippen LogP contribution in [0.25, 0.3) is 0 Å². The first kappa shape index (κ1) is 17.5. The molecule has 1 unspecified atom stereocenters. The molecule has 0 aliphatic carbocycles. The van der Waals surface area contributed by atoms with Crippen molar-refractivity contribution in [2.24, 2.45) is 0 Å². The van der Waals surface area contributed by atoms with Crippen LogP contribution in [0.5, 0.6) is 0 Å². The van der Waals surface area contributed by atoms with E-state index in [0.717, 1.165) is 37.4 Å². The van der Waals surface area contributed by atoms with Gasteiger partial charge in [-0.05, 0) is 25.8 Å². The molecule has 0 saturated heterocycles. The highest BCUT2D eigenvalue weighted by molar-refractivity contribution is 6.31. The summed E-state index contributed by atoms with van der Waals surface area (Å²) in [4.78, 5) is 0. The van der Waals surface area contributed by atoms with Crippen molar-refractivity contribution in [3.63, 3.8) is 0 Å². The Kier molecular flexibility index (Phi) is 8.95. The lowest BCUT2D eigenvalue weighted by atomic mass is 10.0. The smallest absolute Gasteiger partial charge is 0.0834 e. The highest BCUT2D eigenvalue weighted by atomic mass is 35.5. The molecule has 1 atom stereocenters. The minimum absolute atomic E-state index is 0.341. The van der Waals surface area contributed by atoms with Gasteiger partial charge in [0.25, 0.3) is 0 Å². The molecule has 3 nitrogen and oxygen atoms in total. The van der Waals surface area contributed by atoms with Gasteiger partial charge in [0.15, 0.2) is 0 Å². The molecule has 0 radical (unpaired) electrons. The van der Waals surface area contributed by atoms with Gasteiger partial charge in [-0.3, -0.25) is 4.68 Å². The second kappa shape index (κ2) is 10.2. The Bertz CT molecular complexity index is 363. The summed E-state index contributed by atoms with van der Waals surface area (Å²) in [5.41, 5.74) is 1.18. The van der Waals surface area contributed by atoms with Crippen LogP contribution in [0.15, 0.2) is 6.20 Å². The molecule has 1 rings (SSSR count). The summed E-state index contributed by atoms with van der Waals surface area (Å²) in [6, 6.07) is 0.341. The first-order valence-electron chi connectivity index (χ1n) is 8.19. The Morgan fingerprint density at radius 3 is 2.60 bits per heavy atom. The Labute approximate surface area is 129 Å². The van der Waals surface area contributed by atoms with Crippen molar-refractivity contribution in [1.29, 1.82) is 0 Å². The molecule has 4 heteroatoms. The molecule has 0 amide bonds. The topological polar surface area (TPSA) is 29.9 Å². The summed E-state index contributed by atoms with van der Waals surface area (Å²) in [6.07, 6.45) is 10.3. The van der Waals surface area contributed by atoms with Gasteiger partial charge in [0.05, 0.1) is 23.0 Å². The van der Waals surface area contributed by atoms with E-state index < -0.39 is 0 Å². The SMILES string of the molecule is CCCCCCC(NCCC)c1c(Cl)cnn1CCC. The van der Waals surface area contributed by atoms with Gasteiger partial charge in [0, 0.05) is 6.54 Å². The van der Waals surface area contributed by atoms with Crippen LogP contribution in [-0.2, 0) is 6.54 Å². The van der Waals surface area contributed by atoms with Gasteiger partial charge < -0.3 is 5.32 Å². The van der Waals surface area contributed by atoms with Gasteiger partial charge in [-0.2, -0.15) is 5.10 Å². The summed E-state index contributed by atoms with van der Waals surface area (Å²) < 4.78 is 2.08. The fraction of sp³-hybridized carbons (Fsp3) is 0.812. The molecule has 1 heterocycles. The summed E-state index contributed by atoms with van der Waals surface area (Å²) >= 11 is 6.37. The molecule has 1 aromatic rings. The van der Waals surface area contributed by atoms with Crippen LogP contribution < -0.4 is 5.32 Å². The minimum atomic E-state index is 0.341. The monoisotopic (exact) mass is 299 g/mol. The zero-order valence-corrected chi connectivity index (χ0v) is 14.0. The molecule has 0 aromatic carbocycles. The van der Waals surface area contributed by atoms with Crippen LogP contribution in [0.3, 0.4) is 0 Å². The molecule has 116 valence electrons. The molecule has 0 aliphatic rings. The van der Waals surface area contributed by atoms with Crippen molar-refractivity contribution in [3.8, 4) is 0 Å². The summed E-state index contributed by atoms with van der Waals surface area (Å²) in [5, 5.41) is 8.87. The minimum Gasteiger partial charge on any atom is -0.309 e. The highest BCUT2D eigenvalue weighted by Gasteiger charge is 2.19. The molecule has 0 aliphatic heterocycles. The fourth-order valence-electron chi connectivity index (χ4n) is 2.54. The maximum Gasteiger partial charge on any atom is 0.0834 e. The molecule has 0 bridgehead atoms. The van der Waals surface area contributed by atoms with E-state index in [4.69, 9.17) is 11.6 Å². The van der Waals surface area contributed by atoms with Crippen molar-refractivity contribution in [3.05, 3.63) is 16.9 Å². The zero-order valence-electron chi connectivity index (χ0n) is 13.3. The first-order valence-corrected chi connectivity index (χ1v) is 8.56. The van der Waals surface area contributed by atoms with E-state index in [-0.39, 0.29) is 0 Å². The first-order chi connectivity index (χ1) is 9.74. The second-order valence-corrected chi connectivity index (χ2v) is 5.86. The lowest BCUT2D eigenvalue weighted by Crippen LogP contribution is -2.25. The number of aryl methyl sites for hydroxylation is 1. The summed E-state index contributed by atoms with van der Waals surface area (Å²) in [7, 11) is 0. The van der Waals surface area contributed by atoms with E-state index in [0.29, 0.717) is 6.04 Å². The van der Waals surface area contributed by atoms with Crippen LogP contribution in [0.4, 0.5) is 0 Å². The molecule has 0 fully saturated rings. The number of nitrogens with one attached hydrogen (secondary N) is 1. The Morgan fingerprint density at radius 1 is 1.15 bits per heavy atom. The van der Waals surface area contributed by atoms with Gasteiger partial charge >= 0.3 is 0 Å². The standard InChI is InChI=1S/C16H30ClN3/c1-4-7-8-9-10-15(18-11-5-2)16-14(17)13-19-20(16)12-6-3/h13,15,18H,4-12H2,1-3H3. The number of unbranched alkanes of at least 4 members (excludes halogenated alkanes) is 3. The third-order valence-corrected chi connectivity index (χ3v) is 3.88. The predicted octanol–water partition coefficient (Wildman–Crippen LogP) is 4.96. The third kappa shape index (κ3) is 5.45. The van der Waals surface area contributed by atoms with Gasteiger partial charge in [0.2, 0.25) is 0 Å². The van der Waals surface area contributed by atoms with E-state index >= 15 is 0 Å². The van der Waals surface area contributed by atoms with Crippen LogP contribution in [0.2, 0.25) is 5.02 Å². The molecule has 1 aromatic heterocycles. The fourth-order valence-corrected chi connectivity index (χ4v) is 2.81. The highest BCUT2D eigenvalue weighted by Crippen LogP contribution is 2.27. The van der Waals surface area contributed by atoms with E-state index in [2.05, 4.69) is 35.9 Å². The van der Waals surface area contributed by atoms with Crippen LogP contribution in [-0.4, -0.2) is 16.3 Å². The number of halogens is 1. The normalized spacial score (nSPS) is 12.8. The van der Waals surface area contributed by atoms with Gasteiger partial charge in [-0.1, -0.05) is 58.1 Å². The maximum absolute atomic E-state index is 6.37. The largest absolute Gasteiger partial charge is 0.309 e. The molecular formula is C16H30ClN3. The molecular weight excluding hydrogens is 270 g/mol. The number of hydrogen-bond acceptors (Lipinski definition) is 2.